The second kappa shape index (κ2) is 34.6. The van der Waals surface area contributed by atoms with Crippen LogP contribution >= 0.6 is 0 Å². The van der Waals surface area contributed by atoms with E-state index in [0.717, 1.165) is 126 Å². The minimum atomic E-state index is -0.967. The molecule has 3 heterocycles. The van der Waals surface area contributed by atoms with Crippen LogP contribution in [0.1, 0.15) is 203 Å². The highest BCUT2D eigenvalue weighted by molar-refractivity contribution is 5.91. The van der Waals surface area contributed by atoms with Gasteiger partial charge in [0.15, 0.2) is 18.3 Å². The minimum absolute atomic E-state index is 0.105. The summed E-state index contributed by atoms with van der Waals surface area (Å²) in [6.07, 6.45) is 18.0. The number of ether oxygens (including phenoxy) is 9. The summed E-state index contributed by atoms with van der Waals surface area (Å²) < 4.78 is 56.3. The maximum atomic E-state index is 14.5. The fourth-order valence-electron chi connectivity index (χ4n) is 13.5. The van der Waals surface area contributed by atoms with Crippen LogP contribution < -0.4 is 0 Å². The highest BCUT2D eigenvalue weighted by atomic mass is 16.6. The van der Waals surface area contributed by atoms with Gasteiger partial charge in [-0.2, -0.15) is 0 Å². The van der Waals surface area contributed by atoms with Gasteiger partial charge in [-0.3, -0.25) is 0 Å². The SMILES string of the molecule is CCCCCC[C@H](CCC[C@H](OC(=O)[C@H](OC)c1ccc2ccccc2c1)[C@H]1CC[C@H]([C@H]2CC[C@H]([C@@H](CCCCCCCCCCCCC3=C[C@H](C)OC3=O)OC(=O)[C@H](OC)c3ccc4ccccc4c3)O2)O1)OC(=O)[C@H](OC)c1ccc2ccccc2c1. The van der Waals surface area contributed by atoms with E-state index in [1.54, 1.807) is 14.2 Å². The molecule has 6 aromatic rings. The third-order valence-corrected chi connectivity index (χ3v) is 18.4. The number of benzene rings is 6. The Balaban J connectivity index is 0.843. The maximum Gasteiger partial charge on any atom is 0.340 e. The molecule has 89 heavy (non-hydrogen) atoms. The van der Waals surface area contributed by atoms with Gasteiger partial charge in [0.1, 0.15) is 24.4 Å². The van der Waals surface area contributed by atoms with Gasteiger partial charge in [0.05, 0.1) is 24.4 Å². The van der Waals surface area contributed by atoms with E-state index in [4.69, 9.17) is 42.6 Å². The molecule has 9 rings (SSSR count). The Morgan fingerprint density at radius 1 is 0.449 bits per heavy atom. The molecule has 0 spiro atoms. The molecule has 0 unspecified atom stereocenters. The number of unbranched alkanes of at least 4 members (excludes halogenated alkanes) is 12. The predicted molar refractivity (Wildman–Crippen MR) is 348 cm³/mol. The molecular formula is C76H96O13. The first-order valence-electron chi connectivity index (χ1n) is 33.4. The van der Waals surface area contributed by atoms with Crippen molar-refractivity contribution < 1.29 is 61.8 Å². The lowest BCUT2D eigenvalue weighted by Crippen LogP contribution is -2.37. The summed E-state index contributed by atoms with van der Waals surface area (Å²) in [5.74, 6) is -1.51. The van der Waals surface area contributed by atoms with Gasteiger partial charge in [-0.05, 0) is 164 Å². The second-order valence-electron chi connectivity index (χ2n) is 24.9. The average Bonchev–Trinajstić information content (AvgIpc) is 2.48. The Labute approximate surface area is 527 Å². The average molecular weight is 1220 g/mol. The molecule has 3 aliphatic heterocycles. The van der Waals surface area contributed by atoms with Crippen molar-refractivity contribution in [3.05, 3.63) is 156 Å². The molecule has 2 saturated heterocycles. The molecular weight excluding hydrogens is 1120 g/mol. The van der Waals surface area contributed by atoms with E-state index in [0.29, 0.717) is 56.9 Å². The van der Waals surface area contributed by atoms with Crippen LogP contribution in [0.3, 0.4) is 0 Å². The van der Waals surface area contributed by atoms with Gasteiger partial charge in [-0.15, -0.1) is 0 Å². The zero-order chi connectivity index (χ0) is 62.3. The number of rotatable bonds is 37. The van der Waals surface area contributed by atoms with E-state index in [-0.39, 0.29) is 36.5 Å². The summed E-state index contributed by atoms with van der Waals surface area (Å²) in [5.41, 5.74) is 3.00. The fourth-order valence-corrected chi connectivity index (χ4v) is 13.5. The highest BCUT2D eigenvalue weighted by Gasteiger charge is 2.44. The van der Waals surface area contributed by atoms with Gasteiger partial charge in [-0.25, -0.2) is 19.2 Å². The van der Waals surface area contributed by atoms with Crippen molar-refractivity contribution >= 4 is 56.2 Å². The van der Waals surface area contributed by atoms with Crippen molar-refractivity contribution in [2.24, 2.45) is 0 Å². The molecule has 6 aromatic carbocycles. The van der Waals surface area contributed by atoms with Crippen molar-refractivity contribution in [3.63, 3.8) is 0 Å². The van der Waals surface area contributed by atoms with Gasteiger partial charge >= 0.3 is 23.9 Å². The van der Waals surface area contributed by atoms with Gasteiger partial charge in [-0.1, -0.05) is 187 Å². The van der Waals surface area contributed by atoms with E-state index in [1.807, 2.05) is 134 Å². The quantitative estimate of drug-likeness (QED) is 0.0207. The number of carbonyl (C=O) groups is 4. The Morgan fingerprint density at radius 2 is 0.831 bits per heavy atom. The molecule has 3 aliphatic rings. The van der Waals surface area contributed by atoms with Gasteiger partial charge in [0.25, 0.3) is 0 Å². The first-order chi connectivity index (χ1) is 43.5. The smallest absolute Gasteiger partial charge is 0.340 e. The van der Waals surface area contributed by atoms with Gasteiger partial charge in [0, 0.05) is 26.9 Å². The van der Waals surface area contributed by atoms with Crippen molar-refractivity contribution in [3.8, 4) is 0 Å². The van der Waals surface area contributed by atoms with Crippen molar-refractivity contribution in [2.75, 3.05) is 21.3 Å². The summed E-state index contributed by atoms with van der Waals surface area (Å²) in [5, 5.41) is 6.25. The van der Waals surface area contributed by atoms with E-state index >= 15 is 0 Å². The number of methoxy groups -OCH3 is 3. The summed E-state index contributed by atoms with van der Waals surface area (Å²) in [6, 6.07) is 41.9. The molecule has 0 amide bonds. The zero-order valence-electron chi connectivity index (χ0n) is 53.3. The maximum absolute atomic E-state index is 14.5. The Bertz CT molecular complexity index is 3240. The number of esters is 4. The standard InChI is InChI=1S/C76H96O13/c1-6-7-8-18-34-63(85-74(78)70(81-3)59-41-38-53-27-20-23-30-56(53)49-59)35-26-37-65(89-76(80)72(83-5)61-43-40-55-29-22-25-32-58(55)51-61)67-45-47-69(87-67)68-46-44-66(86-68)64(88-75(79)71(82-4)60-42-39-54-28-21-24-31-57(54)50-60)36-19-16-14-12-10-9-11-13-15-17-33-62-48-52(2)84-73(62)77/h20-25,27-32,38-43,48-52,63-72H,6-19,26,33-37,44-47H2,1-5H3/t52-,63+,64+,65-,66+,67+,68+,69+,70+,71+,72+/m0/s1. The highest BCUT2D eigenvalue weighted by Crippen LogP contribution is 2.38. The number of carbonyl (C=O) groups excluding carboxylic acids is 4. The molecule has 0 bridgehead atoms. The lowest BCUT2D eigenvalue weighted by Gasteiger charge is -2.29. The zero-order valence-corrected chi connectivity index (χ0v) is 53.3. The summed E-state index contributed by atoms with van der Waals surface area (Å²) in [7, 11) is 4.62. The van der Waals surface area contributed by atoms with Crippen LogP contribution in [0.4, 0.5) is 0 Å². The topological polar surface area (TPSA) is 151 Å². The van der Waals surface area contributed by atoms with Crippen molar-refractivity contribution in [2.45, 2.75) is 235 Å². The van der Waals surface area contributed by atoms with Crippen molar-refractivity contribution in [1.29, 1.82) is 0 Å². The minimum Gasteiger partial charge on any atom is -0.460 e. The van der Waals surface area contributed by atoms with Crippen molar-refractivity contribution in [1.82, 2.24) is 0 Å². The van der Waals surface area contributed by atoms with Crippen LogP contribution in [0.25, 0.3) is 32.3 Å². The molecule has 2 fully saturated rings. The molecule has 13 nitrogen and oxygen atoms in total. The van der Waals surface area contributed by atoms with Gasteiger partial charge in [0.2, 0.25) is 0 Å². The van der Waals surface area contributed by atoms with Crippen LogP contribution in [0.5, 0.6) is 0 Å². The normalized spacial score (nSPS) is 20.4. The Kier molecular flexibility index (Phi) is 26.0. The summed E-state index contributed by atoms with van der Waals surface area (Å²) >= 11 is 0. The molecule has 0 aromatic heterocycles. The Morgan fingerprint density at radius 3 is 1.26 bits per heavy atom. The van der Waals surface area contributed by atoms with Crippen LogP contribution in [0.15, 0.2) is 139 Å². The van der Waals surface area contributed by atoms with E-state index in [9.17, 15) is 19.2 Å². The fraction of sp³-hybridized carbons (Fsp3) is 0.526. The molecule has 0 radical (unpaired) electrons. The number of hydrogen-bond acceptors (Lipinski definition) is 13. The first-order valence-corrected chi connectivity index (χ1v) is 33.4. The number of hydrogen-bond donors (Lipinski definition) is 0. The lowest BCUT2D eigenvalue weighted by molar-refractivity contribution is -0.177. The third-order valence-electron chi connectivity index (χ3n) is 18.4. The molecule has 0 saturated carbocycles. The largest absolute Gasteiger partial charge is 0.460 e. The molecule has 0 N–H and O–H groups in total. The molecule has 478 valence electrons. The number of cyclic esters (lactones) is 1. The van der Waals surface area contributed by atoms with Gasteiger partial charge < -0.3 is 42.6 Å². The third kappa shape index (κ3) is 19.0. The molecule has 0 aliphatic carbocycles. The summed E-state index contributed by atoms with van der Waals surface area (Å²) in [6.45, 7) is 4.09. The van der Waals surface area contributed by atoms with Crippen LogP contribution in [-0.2, 0) is 61.8 Å². The van der Waals surface area contributed by atoms with E-state index in [2.05, 4.69) is 13.0 Å². The Hall–Kier alpha value is -6.48. The second-order valence-corrected chi connectivity index (χ2v) is 24.9. The van der Waals surface area contributed by atoms with E-state index < -0.39 is 54.5 Å². The number of fused-ring (bicyclic) bond motifs is 3. The first kappa shape index (κ1) is 66.9. The van der Waals surface area contributed by atoms with Crippen LogP contribution in [0.2, 0.25) is 0 Å². The monoisotopic (exact) mass is 1220 g/mol. The van der Waals surface area contributed by atoms with Crippen LogP contribution in [0, 0.1) is 0 Å². The van der Waals surface area contributed by atoms with E-state index in [1.165, 1.54) is 32.8 Å². The lowest BCUT2D eigenvalue weighted by atomic mass is 9.98. The predicted octanol–water partition coefficient (Wildman–Crippen LogP) is 17.1. The summed E-state index contributed by atoms with van der Waals surface area (Å²) in [4.78, 5) is 54.9. The molecule has 11 atom stereocenters. The molecule has 13 heteroatoms. The van der Waals surface area contributed by atoms with Crippen LogP contribution in [-0.4, -0.2) is 94.0 Å².